The van der Waals surface area contributed by atoms with Crippen molar-refractivity contribution < 1.29 is 9.53 Å². The summed E-state index contributed by atoms with van der Waals surface area (Å²) < 4.78 is 6.50. The second-order valence-electron chi connectivity index (χ2n) is 7.15. The molecule has 0 saturated heterocycles. The number of halogens is 1. The van der Waals surface area contributed by atoms with Gasteiger partial charge in [0.05, 0.1) is 11.1 Å². The Balaban J connectivity index is 1.59. The lowest BCUT2D eigenvalue weighted by Gasteiger charge is -2.12. The third kappa shape index (κ3) is 6.02. The fourth-order valence-electron chi connectivity index (χ4n) is 2.77. The molecule has 3 aromatic rings. The SMILES string of the molecule is CC(C)CCOc1ccc(C(=O)NC(=S)Nc2ccc3ccccc3c2)cc1Br. The van der Waals surface area contributed by atoms with Gasteiger partial charge >= 0.3 is 0 Å². The fourth-order valence-corrected chi connectivity index (χ4v) is 3.47. The minimum Gasteiger partial charge on any atom is -0.492 e. The quantitative estimate of drug-likeness (QED) is 0.423. The number of hydrogen-bond acceptors (Lipinski definition) is 3. The summed E-state index contributed by atoms with van der Waals surface area (Å²) in [5.74, 6) is 1.02. The van der Waals surface area contributed by atoms with E-state index < -0.39 is 0 Å². The van der Waals surface area contributed by atoms with Crippen molar-refractivity contribution in [2.75, 3.05) is 11.9 Å². The van der Waals surface area contributed by atoms with E-state index in [4.69, 9.17) is 17.0 Å². The zero-order chi connectivity index (χ0) is 20.8. The number of rotatable bonds is 6. The van der Waals surface area contributed by atoms with Gasteiger partial charge in [0.1, 0.15) is 5.75 Å². The standard InChI is InChI=1S/C23H23BrN2O2S/c1-15(2)11-12-28-21-10-8-18(14-20(21)24)22(27)26-23(29)25-19-9-7-16-5-3-4-6-17(16)13-19/h3-10,13-15H,11-12H2,1-2H3,(H2,25,26,27,29). The first-order valence-electron chi connectivity index (χ1n) is 9.46. The highest BCUT2D eigenvalue weighted by Gasteiger charge is 2.11. The molecule has 6 heteroatoms. The Morgan fingerprint density at radius 1 is 1.07 bits per heavy atom. The van der Waals surface area contributed by atoms with Crippen LogP contribution in [-0.2, 0) is 0 Å². The third-order valence-corrected chi connectivity index (χ3v) is 5.21. The number of fused-ring (bicyclic) bond motifs is 1. The maximum atomic E-state index is 12.5. The van der Waals surface area contributed by atoms with Gasteiger partial charge < -0.3 is 10.1 Å². The van der Waals surface area contributed by atoms with Crippen LogP contribution in [0, 0.1) is 5.92 Å². The molecule has 0 aliphatic carbocycles. The van der Waals surface area contributed by atoms with Crippen LogP contribution in [0.3, 0.4) is 0 Å². The molecular formula is C23H23BrN2O2S. The number of carbonyl (C=O) groups is 1. The van der Waals surface area contributed by atoms with Gasteiger partial charge in [-0.05, 0) is 81.6 Å². The normalized spacial score (nSPS) is 10.8. The van der Waals surface area contributed by atoms with E-state index in [0.29, 0.717) is 18.1 Å². The summed E-state index contributed by atoms with van der Waals surface area (Å²) in [5, 5.41) is 8.28. The molecule has 29 heavy (non-hydrogen) atoms. The minimum atomic E-state index is -0.280. The lowest BCUT2D eigenvalue weighted by molar-refractivity contribution is 0.0977. The lowest BCUT2D eigenvalue weighted by Crippen LogP contribution is -2.34. The molecule has 150 valence electrons. The van der Waals surface area contributed by atoms with Gasteiger partial charge in [0.25, 0.3) is 5.91 Å². The highest BCUT2D eigenvalue weighted by Crippen LogP contribution is 2.26. The molecule has 0 atom stereocenters. The van der Waals surface area contributed by atoms with Crippen LogP contribution in [0.25, 0.3) is 10.8 Å². The number of benzene rings is 3. The molecule has 0 aliphatic rings. The topological polar surface area (TPSA) is 50.4 Å². The van der Waals surface area contributed by atoms with Crippen molar-refractivity contribution in [1.29, 1.82) is 0 Å². The Hall–Kier alpha value is -2.44. The number of ether oxygens (including phenoxy) is 1. The number of amides is 1. The van der Waals surface area contributed by atoms with Gasteiger partial charge in [0, 0.05) is 11.3 Å². The van der Waals surface area contributed by atoms with E-state index in [1.807, 2.05) is 42.5 Å². The van der Waals surface area contributed by atoms with E-state index >= 15 is 0 Å². The van der Waals surface area contributed by atoms with E-state index in [1.165, 1.54) is 0 Å². The Morgan fingerprint density at radius 3 is 2.55 bits per heavy atom. The summed E-state index contributed by atoms with van der Waals surface area (Å²) in [6, 6.07) is 19.3. The molecule has 1 amide bonds. The maximum Gasteiger partial charge on any atom is 0.257 e. The van der Waals surface area contributed by atoms with Crippen molar-refractivity contribution in [2.45, 2.75) is 20.3 Å². The summed E-state index contributed by atoms with van der Waals surface area (Å²) >= 11 is 8.77. The van der Waals surface area contributed by atoms with E-state index in [-0.39, 0.29) is 11.0 Å². The second-order valence-corrected chi connectivity index (χ2v) is 8.41. The van der Waals surface area contributed by atoms with Gasteiger partial charge in [-0.3, -0.25) is 10.1 Å². The first kappa shape index (κ1) is 21.3. The largest absolute Gasteiger partial charge is 0.492 e. The summed E-state index contributed by atoms with van der Waals surface area (Å²) in [7, 11) is 0. The zero-order valence-corrected chi connectivity index (χ0v) is 18.8. The Bertz CT molecular complexity index is 1040. The first-order valence-corrected chi connectivity index (χ1v) is 10.7. The number of hydrogen-bond donors (Lipinski definition) is 2. The summed E-state index contributed by atoms with van der Waals surface area (Å²) in [4.78, 5) is 12.5. The van der Waals surface area contributed by atoms with Gasteiger partial charge in [-0.25, -0.2) is 0 Å². The molecule has 0 aromatic heterocycles. The molecule has 0 bridgehead atoms. The van der Waals surface area contributed by atoms with Gasteiger partial charge in [-0.1, -0.05) is 44.2 Å². The molecular weight excluding hydrogens is 448 g/mol. The van der Waals surface area contributed by atoms with E-state index in [9.17, 15) is 4.79 Å². The molecule has 3 rings (SSSR count). The highest BCUT2D eigenvalue weighted by molar-refractivity contribution is 9.10. The lowest BCUT2D eigenvalue weighted by atomic mass is 10.1. The third-order valence-electron chi connectivity index (χ3n) is 4.38. The fraction of sp³-hybridized carbons (Fsp3) is 0.217. The minimum absolute atomic E-state index is 0.249. The zero-order valence-electron chi connectivity index (χ0n) is 16.4. The first-order chi connectivity index (χ1) is 13.9. The predicted molar refractivity (Wildman–Crippen MR) is 127 cm³/mol. The van der Waals surface area contributed by atoms with Gasteiger partial charge in [0.15, 0.2) is 5.11 Å². The van der Waals surface area contributed by atoms with Crippen LogP contribution < -0.4 is 15.4 Å². The van der Waals surface area contributed by atoms with Gasteiger partial charge in [-0.2, -0.15) is 0 Å². The Kier molecular flexibility index (Phi) is 7.23. The number of carbonyl (C=O) groups excluding carboxylic acids is 1. The van der Waals surface area contributed by atoms with Crippen molar-refractivity contribution in [3.05, 3.63) is 70.7 Å². The van der Waals surface area contributed by atoms with E-state index in [1.54, 1.807) is 18.2 Å². The van der Waals surface area contributed by atoms with E-state index in [0.717, 1.165) is 33.1 Å². The molecule has 4 nitrogen and oxygen atoms in total. The van der Waals surface area contributed by atoms with Crippen LogP contribution in [0.15, 0.2) is 65.1 Å². The highest BCUT2D eigenvalue weighted by atomic mass is 79.9. The van der Waals surface area contributed by atoms with Crippen molar-refractivity contribution in [2.24, 2.45) is 5.92 Å². The Labute approximate surface area is 184 Å². The van der Waals surface area contributed by atoms with Gasteiger partial charge in [-0.15, -0.1) is 0 Å². The van der Waals surface area contributed by atoms with Crippen LogP contribution in [0.2, 0.25) is 0 Å². The average Bonchev–Trinajstić information content (AvgIpc) is 2.68. The molecule has 0 radical (unpaired) electrons. The molecule has 0 spiro atoms. The predicted octanol–water partition coefficient (Wildman–Crippen LogP) is 6.15. The summed E-state index contributed by atoms with van der Waals surface area (Å²) in [6.45, 7) is 4.95. The number of anilines is 1. The number of thiocarbonyl (C=S) groups is 1. The van der Waals surface area contributed by atoms with E-state index in [2.05, 4.69) is 40.4 Å². The van der Waals surface area contributed by atoms with Crippen molar-refractivity contribution in [3.8, 4) is 5.75 Å². The number of nitrogens with one attached hydrogen (secondary N) is 2. The molecule has 2 N–H and O–H groups in total. The second kappa shape index (κ2) is 9.85. The van der Waals surface area contributed by atoms with Crippen LogP contribution in [0.5, 0.6) is 5.75 Å². The van der Waals surface area contributed by atoms with Crippen molar-refractivity contribution in [1.82, 2.24) is 5.32 Å². The Morgan fingerprint density at radius 2 is 1.83 bits per heavy atom. The molecule has 0 aliphatic heterocycles. The molecule has 0 saturated carbocycles. The van der Waals surface area contributed by atoms with Crippen molar-refractivity contribution in [3.63, 3.8) is 0 Å². The molecule has 0 unspecified atom stereocenters. The monoisotopic (exact) mass is 470 g/mol. The van der Waals surface area contributed by atoms with Crippen LogP contribution in [0.1, 0.15) is 30.6 Å². The van der Waals surface area contributed by atoms with Crippen molar-refractivity contribution >= 4 is 55.6 Å². The van der Waals surface area contributed by atoms with Crippen LogP contribution in [0.4, 0.5) is 5.69 Å². The smallest absolute Gasteiger partial charge is 0.257 e. The van der Waals surface area contributed by atoms with Crippen LogP contribution in [-0.4, -0.2) is 17.6 Å². The summed E-state index contributed by atoms with van der Waals surface area (Å²) in [5.41, 5.74) is 1.32. The summed E-state index contributed by atoms with van der Waals surface area (Å²) in [6.07, 6.45) is 0.976. The maximum absolute atomic E-state index is 12.5. The van der Waals surface area contributed by atoms with Crippen LogP contribution >= 0.6 is 28.1 Å². The van der Waals surface area contributed by atoms with Gasteiger partial charge in [0.2, 0.25) is 0 Å². The molecule has 0 heterocycles. The average molecular weight is 471 g/mol. The molecule has 3 aromatic carbocycles. The molecule has 0 fully saturated rings.